The van der Waals surface area contributed by atoms with E-state index in [1.807, 2.05) is 0 Å². The largest absolute Gasteiger partial charge is 0.573 e. The SMILES string of the molecule is Cc1ccc(C(F)F)c(OC(F)(F)F)c1. The van der Waals surface area contributed by atoms with Crippen LogP contribution in [-0.2, 0) is 0 Å². The molecule has 0 N–H and O–H groups in total. The molecule has 84 valence electrons. The summed E-state index contributed by atoms with van der Waals surface area (Å²) in [6.45, 7) is 1.48. The minimum atomic E-state index is -4.96. The first kappa shape index (κ1) is 11.7. The zero-order chi connectivity index (χ0) is 11.6. The van der Waals surface area contributed by atoms with Crippen molar-refractivity contribution in [3.63, 3.8) is 0 Å². The lowest BCUT2D eigenvalue weighted by Crippen LogP contribution is -2.18. The average molecular weight is 226 g/mol. The van der Waals surface area contributed by atoms with Gasteiger partial charge in [0.1, 0.15) is 5.75 Å². The Kier molecular flexibility index (Phi) is 3.16. The Hall–Kier alpha value is -1.33. The van der Waals surface area contributed by atoms with Gasteiger partial charge in [-0.3, -0.25) is 0 Å². The predicted molar refractivity (Wildman–Crippen MR) is 42.8 cm³/mol. The van der Waals surface area contributed by atoms with Gasteiger partial charge >= 0.3 is 6.36 Å². The monoisotopic (exact) mass is 226 g/mol. The van der Waals surface area contributed by atoms with Gasteiger partial charge in [-0.25, -0.2) is 8.78 Å². The Bertz CT molecular complexity index is 345. The molecule has 0 bridgehead atoms. The molecule has 15 heavy (non-hydrogen) atoms. The fourth-order valence-corrected chi connectivity index (χ4v) is 1.03. The van der Waals surface area contributed by atoms with Crippen LogP contribution in [0.2, 0.25) is 0 Å². The summed E-state index contributed by atoms with van der Waals surface area (Å²) in [5, 5.41) is 0. The van der Waals surface area contributed by atoms with Gasteiger partial charge in [-0.2, -0.15) is 0 Å². The fourth-order valence-electron chi connectivity index (χ4n) is 1.03. The van der Waals surface area contributed by atoms with Crippen molar-refractivity contribution in [3.05, 3.63) is 29.3 Å². The molecule has 0 saturated carbocycles. The molecule has 0 aliphatic heterocycles. The molecule has 6 heteroatoms. The van der Waals surface area contributed by atoms with E-state index in [-0.39, 0.29) is 0 Å². The maximum atomic E-state index is 12.3. The van der Waals surface area contributed by atoms with Crippen molar-refractivity contribution in [2.75, 3.05) is 0 Å². The van der Waals surface area contributed by atoms with Crippen molar-refractivity contribution < 1.29 is 26.7 Å². The molecular formula is C9H7F5O. The number of halogens is 5. The first-order valence-corrected chi connectivity index (χ1v) is 3.94. The lowest BCUT2D eigenvalue weighted by molar-refractivity contribution is -0.275. The van der Waals surface area contributed by atoms with Crippen LogP contribution in [0.5, 0.6) is 5.75 Å². The standard InChI is InChI=1S/C9H7F5O/c1-5-2-3-6(8(10)11)7(4-5)15-9(12,13)14/h2-4,8H,1H3. The van der Waals surface area contributed by atoms with Crippen LogP contribution < -0.4 is 4.74 Å². The average Bonchev–Trinajstić information content (AvgIpc) is 1.99. The molecule has 1 aromatic rings. The van der Waals surface area contributed by atoms with Gasteiger partial charge in [0, 0.05) is 0 Å². The van der Waals surface area contributed by atoms with Crippen LogP contribution in [0.25, 0.3) is 0 Å². The van der Waals surface area contributed by atoms with E-state index in [1.54, 1.807) is 0 Å². The molecule has 0 amide bonds. The van der Waals surface area contributed by atoms with Crippen molar-refractivity contribution in [2.24, 2.45) is 0 Å². The van der Waals surface area contributed by atoms with Gasteiger partial charge in [0.25, 0.3) is 6.43 Å². The van der Waals surface area contributed by atoms with E-state index in [4.69, 9.17) is 0 Å². The molecule has 0 heterocycles. The minimum Gasteiger partial charge on any atom is -0.405 e. The van der Waals surface area contributed by atoms with Crippen molar-refractivity contribution >= 4 is 0 Å². The van der Waals surface area contributed by atoms with E-state index in [0.717, 1.165) is 12.1 Å². The molecule has 0 aliphatic rings. The van der Waals surface area contributed by atoms with E-state index in [0.29, 0.717) is 5.56 Å². The molecule has 0 atom stereocenters. The Balaban J connectivity index is 3.08. The molecule has 0 spiro atoms. The molecule has 0 aliphatic carbocycles. The van der Waals surface area contributed by atoms with Crippen LogP contribution in [-0.4, -0.2) is 6.36 Å². The molecular weight excluding hydrogens is 219 g/mol. The van der Waals surface area contributed by atoms with Crippen molar-refractivity contribution in [3.8, 4) is 5.75 Å². The summed E-state index contributed by atoms with van der Waals surface area (Å²) in [5.41, 5.74) is -0.350. The van der Waals surface area contributed by atoms with Gasteiger partial charge in [0.05, 0.1) is 5.56 Å². The second-order valence-corrected chi connectivity index (χ2v) is 2.89. The van der Waals surface area contributed by atoms with Crippen LogP contribution in [0.15, 0.2) is 18.2 Å². The zero-order valence-electron chi connectivity index (χ0n) is 7.61. The van der Waals surface area contributed by atoms with Crippen molar-refractivity contribution in [2.45, 2.75) is 19.7 Å². The van der Waals surface area contributed by atoms with Gasteiger partial charge < -0.3 is 4.74 Å². The number of aryl methyl sites for hydroxylation is 1. The third kappa shape index (κ3) is 3.38. The smallest absolute Gasteiger partial charge is 0.405 e. The second kappa shape index (κ2) is 4.04. The van der Waals surface area contributed by atoms with Gasteiger partial charge in [0.2, 0.25) is 0 Å². The summed E-state index contributed by atoms with van der Waals surface area (Å²) in [5.74, 6) is -0.850. The Morgan fingerprint density at radius 2 is 1.80 bits per heavy atom. The molecule has 0 radical (unpaired) electrons. The fraction of sp³-hybridized carbons (Fsp3) is 0.333. The number of rotatable bonds is 2. The van der Waals surface area contributed by atoms with E-state index in [9.17, 15) is 22.0 Å². The van der Waals surface area contributed by atoms with E-state index < -0.39 is 24.1 Å². The van der Waals surface area contributed by atoms with Gasteiger partial charge in [-0.15, -0.1) is 13.2 Å². The molecule has 0 saturated heterocycles. The van der Waals surface area contributed by atoms with Crippen LogP contribution in [0.3, 0.4) is 0 Å². The number of alkyl halides is 5. The summed E-state index contributed by atoms with van der Waals surface area (Å²) in [6, 6.07) is 3.14. The quantitative estimate of drug-likeness (QED) is 0.696. The lowest BCUT2D eigenvalue weighted by atomic mass is 10.1. The summed E-state index contributed by atoms with van der Waals surface area (Å²) < 4.78 is 63.6. The highest BCUT2D eigenvalue weighted by Crippen LogP contribution is 2.33. The third-order valence-corrected chi connectivity index (χ3v) is 1.63. The molecule has 0 aromatic heterocycles. The highest BCUT2D eigenvalue weighted by molar-refractivity contribution is 5.38. The predicted octanol–water partition coefficient (Wildman–Crippen LogP) is 3.83. The minimum absolute atomic E-state index is 0.415. The van der Waals surface area contributed by atoms with E-state index >= 15 is 0 Å². The molecule has 0 fully saturated rings. The highest BCUT2D eigenvalue weighted by atomic mass is 19.4. The number of hydrogen-bond donors (Lipinski definition) is 0. The summed E-state index contributed by atoms with van der Waals surface area (Å²) in [6.07, 6.45) is -7.96. The van der Waals surface area contributed by atoms with Crippen LogP contribution in [0, 0.1) is 6.92 Å². The van der Waals surface area contributed by atoms with Gasteiger partial charge in [0.15, 0.2) is 0 Å². The van der Waals surface area contributed by atoms with E-state index in [2.05, 4.69) is 4.74 Å². The molecule has 1 aromatic carbocycles. The second-order valence-electron chi connectivity index (χ2n) is 2.89. The van der Waals surface area contributed by atoms with Crippen molar-refractivity contribution in [1.82, 2.24) is 0 Å². The Morgan fingerprint density at radius 3 is 2.27 bits per heavy atom. The van der Waals surface area contributed by atoms with Gasteiger partial charge in [-0.1, -0.05) is 6.07 Å². The highest BCUT2D eigenvalue weighted by Gasteiger charge is 2.33. The number of benzene rings is 1. The summed E-state index contributed by atoms with van der Waals surface area (Å²) in [4.78, 5) is 0. The van der Waals surface area contributed by atoms with Crippen molar-refractivity contribution in [1.29, 1.82) is 0 Å². The lowest BCUT2D eigenvalue weighted by Gasteiger charge is -2.13. The Morgan fingerprint density at radius 1 is 1.20 bits per heavy atom. The summed E-state index contributed by atoms with van der Waals surface area (Å²) >= 11 is 0. The molecule has 1 rings (SSSR count). The first-order valence-electron chi connectivity index (χ1n) is 3.94. The van der Waals surface area contributed by atoms with Crippen LogP contribution in [0.1, 0.15) is 17.6 Å². The number of hydrogen-bond acceptors (Lipinski definition) is 1. The normalized spacial score (nSPS) is 11.9. The van der Waals surface area contributed by atoms with Crippen LogP contribution >= 0.6 is 0 Å². The maximum absolute atomic E-state index is 12.3. The number of ether oxygens (including phenoxy) is 1. The van der Waals surface area contributed by atoms with Crippen LogP contribution in [0.4, 0.5) is 22.0 Å². The maximum Gasteiger partial charge on any atom is 0.573 e. The van der Waals surface area contributed by atoms with Gasteiger partial charge in [-0.05, 0) is 24.6 Å². The molecule has 0 unspecified atom stereocenters. The third-order valence-electron chi connectivity index (χ3n) is 1.63. The van der Waals surface area contributed by atoms with E-state index in [1.165, 1.54) is 13.0 Å². The summed E-state index contributed by atoms with van der Waals surface area (Å²) in [7, 11) is 0. The topological polar surface area (TPSA) is 9.23 Å². The Labute approximate surface area is 82.5 Å². The first-order chi connectivity index (χ1) is 6.79. The molecule has 1 nitrogen and oxygen atoms in total. The zero-order valence-corrected chi connectivity index (χ0v) is 7.61.